The van der Waals surface area contributed by atoms with Crippen LogP contribution in [0.25, 0.3) is 93.5 Å². The van der Waals surface area contributed by atoms with E-state index in [1.54, 1.807) is 0 Å². The molecule has 5 aromatic heterocycles. The fourth-order valence-electron chi connectivity index (χ4n) is 7.85. The summed E-state index contributed by atoms with van der Waals surface area (Å²) in [6, 6.07) is 52.2. The number of imidazole rings is 1. The molecule has 0 N–H and O–H groups in total. The van der Waals surface area contributed by atoms with Crippen LogP contribution in [-0.2, 0) is 0 Å². The summed E-state index contributed by atoms with van der Waals surface area (Å²) in [5, 5.41) is 8.27. The highest BCUT2D eigenvalue weighted by Crippen LogP contribution is 2.42. The molecule has 0 radical (unpaired) electrons. The van der Waals surface area contributed by atoms with Crippen molar-refractivity contribution in [1.82, 2.24) is 23.5 Å². The molecule has 218 valence electrons. The van der Waals surface area contributed by atoms with Crippen LogP contribution in [0.5, 0.6) is 0 Å². The zero-order chi connectivity index (χ0) is 30.6. The number of rotatable bonds is 2. The van der Waals surface area contributed by atoms with Crippen molar-refractivity contribution in [3.05, 3.63) is 152 Å². The van der Waals surface area contributed by atoms with Crippen LogP contribution in [0.3, 0.4) is 0 Å². The molecule has 5 heterocycles. The predicted molar refractivity (Wildman–Crippen MR) is 194 cm³/mol. The zero-order valence-corrected chi connectivity index (χ0v) is 25.2. The molecule has 47 heavy (non-hydrogen) atoms. The van der Waals surface area contributed by atoms with Gasteiger partial charge >= 0.3 is 0 Å². The van der Waals surface area contributed by atoms with E-state index in [1.807, 2.05) is 12.3 Å². The predicted octanol–water partition coefficient (Wildman–Crippen LogP) is 10.4. The van der Waals surface area contributed by atoms with Crippen LogP contribution in [0.1, 0.15) is 0 Å². The summed E-state index contributed by atoms with van der Waals surface area (Å²) in [6.07, 6.45) is 1.87. The van der Waals surface area contributed by atoms with Crippen LogP contribution >= 0.6 is 0 Å². The molecule has 0 atom stereocenters. The fourth-order valence-corrected chi connectivity index (χ4v) is 7.85. The van der Waals surface area contributed by atoms with Crippen LogP contribution in [0.4, 0.5) is 0 Å². The van der Waals surface area contributed by atoms with Crippen LogP contribution in [-0.4, -0.2) is 23.5 Å². The molecular weight excluding hydrogens is 574 g/mol. The lowest BCUT2D eigenvalue weighted by molar-refractivity contribution is 1.17. The summed E-state index contributed by atoms with van der Waals surface area (Å²) in [7, 11) is 0. The first-order valence-electron chi connectivity index (χ1n) is 15.9. The lowest BCUT2D eigenvalue weighted by Crippen LogP contribution is -1.96. The summed E-state index contributed by atoms with van der Waals surface area (Å²) in [5.74, 6) is 0. The molecule has 11 rings (SSSR count). The van der Waals surface area contributed by atoms with E-state index in [-0.39, 0.29) is 0 Å². The summed E-state index contributed by atoms with van der Waals surface area (Å²) < 4.78 is 7.04. The first kappa shape index (κ1) is 24.8. The monoisotopic (exact) mass is 599 g/mol. The molecule has 0 fully saturated rings. The van der Waals surface area contributed by atoms with Gasteiger partial charge in [0.1, 0.15) is 11.3 Å². The van der Waals surface area contributed by atoms with Gasteiger partial charge in [-0.2, -0.15) is 0 Å². The van der Waals surface area contributed by atoms with Gasteiger partial charge < -0.3 is 9.13 Å². The Bertz CT molecular complexity index is 3060. The standard InChI is InChI=1S/C42H25N5/c1-3-12-26(13-4-1)45-36-19-9-7-16-28(36)31-22-32-33-23-34-30(24-38(33)46(40(32)25-39(31)45)27-14-5-2-6-15-27)29-17-11-21-43-41(29)47-37-20-10-8-18-35(37)44-42(34)47/h1-25H. The average molecular weight is 600 g/mol. The van der Waals surface area contributed by atoms with Gasteiger partial charge in [0.2, 0.25) is 0 Å². The van der Waals surface area contributed by atoms with E-state index < -0.39 is 0 Å². The molecule has 6 aromatic carbocycles. The van der Waals surface area contributed by atoms with Crippen LogP contribution in [0, 0.1) is 0 Å². The number of nitrogens with zero attached hydrogens (tertiary/aromatic N) is 5. The Hall–Kier alpha value is -6.46. The number of hydrogen-bond acceptors (Lipinski definition) is 2. The van der Waals surface area contributed by atoms with Crippen LogP contribution in [0.2, 0.25) is 0 Å². The smallest absolute Gasteiger partial charge is 0.147 e. The highest BCUT2D eigenvalue weighted by atomic mass is 15.1. The molecule has 0 aliphatic carbocycles. The van der Waals surface area contributed by atoms with Crippen molar-refractivity contribution < 1.29 is 0 Å². The molecule has 5 nitrogen and oxygen atoms in total. The van der Waals surface area contributed by atoms with E-state index in [0.29, 0.717) is 0 Å². The number of para-hydroxylation sites is 5. The Balaban J connectivity index is 1.38. The van der Waals surface area contributed by atoms with Crippen molar-refractivity contribution in [3.8, 4) is 11.4 Å². The minimum absolute atomic E-state index is 0.916. The Morgan fingerprint density at radius 2 is 0.936 bits per heavy atom. The number of hydrogen-bond donors (Lipinski definition) is 0. The van der Waals surface area contributed by atoms with Crippen molar-refractivity contribution in [3.63, 3.8) is 0 Å². The third-order valence-corrected chi connectivity index (χ3v) is 9.82. The molecule has 0 spiro atoms. The molecule has 11 aromatic rings. The third kappa shape index (κ3) is 3.27. The van der Waals surface area contributed by atoms with Gasteiger partial charge in [-0.15, -0.1) is 0 Å². The van der Waals surface area contributed by atoms with E-state index in [4.69, 9.17) is 9.97 Å². The average Bonchev–Trinajstić information content (AvgIpc) is 3.78. The molecule has 0 bridgehead atoms. The van der Waals surface area contributed by atoms with Crippen molar-refractivity contribution in [2.45, 2.75) is 0 Å². The molecule has 0 saturated carbocycles. The fraction of sp³-hybridized carbons (Fsp3) is 0. The molecule has 0 amide bonds. The second-order valence-electron chi connectivity index (χ2n) is 12.3. The minimum atomic E-state index is 0.916. The SMILES string of the molecule is c1ccc(-n2c3ccccc3c3cc4c5cc6c(cc5n(-c5ccccc5)c4cc32)c2cccnc2n2c3ccccc3nc62)cc1. The van der Waals surface area contributed by atoms with E-state index in [0.717, 1.165) is 55.4 Å². The molecule has 0 aliphatic rings. The largest absolute Gasteiger partial charge is 0.309 e. The second kappa shape index (κ2) is 9.05. The zero-order valence-electron chi connectivity index (χ0n) is 25.2. The molecule has 5 heteroatoms. The third-order valence-electron chi connectivity index (χ3n) is 9.82. The maximum Gasteiger partial charge on any atom is 0.147 e. The van der Waals surface area contributed by atoms with E-state index >= 15 is 0 Å². The first-order chi connectivity index (χ1) is 23.3. The topological polar surface area (TPSA) is 40.0 Å². The van der Waals surface area contributed by atoms with Gasteiger partial charge in [0.05, 0.1) is 33.1 Å². The van der Waals surface area contributed by atoms with Crippen molar-refractivity contribution >= 4 is 82.1 Å². The Morgan fingerprint density at radius 3 is 1.70 bits per heavy atom. The van der Waals surface area contributed by atoms with Gasteiger partial charge in [0.25, 0.3) is 0 Å². The number of pyridine rings is 2. The van der Waals surface area contributed by atoms with Gasteiger partial charge in [0, 0.05) is 49.9 Å². The molecule has 0 saturated heterocycles. The highest BCUT2D eigenvalue weighted by Gasteiger charge is 2.21. The van der Waals surface area contributed by atoms with Gasteiger partial charge in [0.15, 0.2) is 0 Å². The molecular formula is C42H25N5. The van der Waals surface area contributed by atoms with Gasteiger partial charge in [-0.05, 0) is 84.2 Å². The normalized spacial score (nSPS) is 12.3. The van der Waals surface area contributed by atoms with Gasteiger partial charge in [-0.1, -0.05) is 66.7 Å². The second-order valence-corrected chi connectivity index (χ2v) is 12.3. The number of benzene rings is 6. The Kier molecular flexibility index (Phi) is 4.78. The van der Waals surface area contributed by atoms with Gasteiger partial charge in [-0.25, -0.2) is 9.97 Å². The van der Waals surface area contributed by atoms with Crippen LogP contribution < -0.4 is 0 Å². The minimum Gasteiger partial charge on any atom is -0.309 e. The highest BCUT2D eigenvalue weighted by molar-refractivity contribution is 6.24. The van der Waals surface area contributed by atoms with Gasteiger partial charge in [-0.3, -0.25) is 4.40 Å². The first-order valence-corrected chi connectivity index (χ1v) is 15.9. The Morgan fingerprint density at radius 1 is 0.362 bits per heavy atom. The lowest BCUT2D eigenvalue weighted by atomic mass is 10.0. The van der Waals surface area contributed by atoms with E-state index in [2.05, 4.69) is 153 Å². The summed E-state index contributed by atoms with van der Waals surface area (Å²) in [6.45, 7) is 0. The Labute approximate surface area is 268 Å². The van der Waals surface area contributed by atoms with Crippen molar-refractivity contribution in [2.75, 3.05) is 0 Å². The maximum atomic E-state index is 5.19. The quantitative estimate of drug-likeness (QED) is 0.186. The van der Waals surface area contributed by atoms with E-state index in [1.165, 1.54) is 38.1 Å². The van der Waals surface area contributed by atoms with Crippen LogP contribution in [0.15, 0.2) is 152 Å². The maximum absolute atomic E-state index is 5.19. The van der Waals surface area contributed by atoms with Crippen molar-refractivity contribution in [2.24, 2.45) is 0 Å². The van der Waals surface area contributed by atoms with E-state index in [9.17, 15) is 0 Å². The molecule has 0 aliphatic heterocycles. The van der Waals surface area contributed by atoms with Crippen molar-refractivity contribution in [1.29, 1.82) is 0 Å². The molecule has 0 unspecified atom stereocenters. The lowest BCUT2D eigenvalue weighted by Gasteiger charge is -2.11. The summed E-state index contributed by atoms with van der Waals surface area (Å²) in [4.78, 5) is 10.1. The summed E-state index contributed by atoms with van der Waals surface area (Å²) in [5.41, 5.74) is 10.9. The number of aromatic nitrogens is 5. The summed E-state index contributed by atoms with van der Waals surface area (Å²) >= 11 is 0. The number of fused-ring (bicyclic) bond motifs is 14.